The molecule has 0 amide bonds. The van der Waals surface area contributed by atoms with E-state index in [0.717, 1.165) is 12.8 Å². The van der Waals surface area contributed by atoms with Gasteiger partial charge in [-0.1, -0.05) is 44.9 Å². The van der Waals surface area contributed by atoms with Crippen LogP contribution in [0, 0.1) is 17.3 Å². The van der Waals surface area contributed by atoms with E-state index in [-0.39, 0.29) is 18.4 Å². The third-order valence-electron chi connectivity index (χ3n) is 9.71. The van der Waals surface area contributed by atoms with Gasteiger partial charge in [-0.2, -0.15) is 0 Å². The second kappa shape index (κ2) is 13.1. The molecule has 2 saturated carbocycles. The van der Waals surface area contributed by atoms with E-state index in [1.807, 2.05) is 27.7 Å². The lowest BCUT2D eigenvalue weighted by Crippen LogP contribution is -2.79. The van der Waals surface area contributed by atoms with Gasteiger partial charge in [-0.3, -0.25) is 19.2 Å². The lowest BCUT2D eigenvalue weighted by molar-refractivity contribution is -0.315. The van der Waals surface area contributed by atoms with Crippen LogP contribution in [0.3, 0.4) is 0 Å². The summed E-state index contributed by atoms with van der Waals surface area (Å²) >= 11 is 0. The second-order valence-corrected chi connectivity index (χ2v) is 13.3. The lowest BCUT2D eigenvalue weighted by atomic mass is 9.47. The molecule has 1 saturated heterocycles. The van der Waals surface area contributed by atoms with Crippen LogP contribution >= 0.6 is 0 Å². The summed E-state index contributed by atoms with van der Waals surface area (Å²) in [7, 11) is 0. The average molecular weight is 631 g/mol. The molecule has 1 heterocycles. The van der Waals surface area contributed by atoms with Crippen LogP contribution in [-0.2, 0) is 47.6 Å². The van der Waals surface area contributed by atoms with Crippen LogP contribution in [-0.4, -0.2) is 71.6 Å². The van der Waals surface area contributed by atoms with Crippen LogP contribution in [0.25, 0.3) is 0 Å². The van der Waals surface area contributed by atoms with Gasteiger partial charge in [0.25, 0.3) is 0 Å². The zero-order valence-electron chi connectivity index (χ0n) is 27.5. The number of hydrogen-bond donors (Lipinski definition) is 0. The molecule has 4 rings (SSSR count). The first-order chi connectivity index (χ1) is 21.1. The van der Waals surface area contributed by atoms with Gasteiger partial charge in [0.05, 0.1) is 22.5 Å². The maximum Gasteiger partial charge on any atom is 0.338 e. The number of carbonyl (C=O) groups excluding carboxylic acids is 5. The van der Waals surface area contributed by atoms with Crippen molar-refractivity contribution < 1.29 is 52.4 Å². The van der Waals surface area contributed by atoms with Crippen molar-refractivity contribution in [1.29, 1.82) is 0 Å². The van der Waals surface area contributed by atoms with E-state index in [1.165, 1.54) is 20.8 Å². The molecule has 0 N–H and O–H groups in total. The van der Waals surface area contributed by atoms with Crippen molar-refractivity contribution in [3.8, 4) is 0 Å². The summed E-state index contributed by atoms with van der Waals surface area (Å²) in [5.41, 5.74) is -3.80. The Morgan fingerprint density at radius 1 is 0.800 bits per heavy atom. The van der Waals surface area contributed by atoms with Crippen molar-refractivity contribution in [3.63, 3.8) is 0 Å². The van der Waals surface area contributed by atoms with Gasteiger partial charge >= 0.3 is 29.8 Å². The highest BCUT2D eigenvalue weighted by Crippen LogP contribution is 2.68. The van der Waals surface area contributed by atoms with E-state index in [0.29, 0.717) is 6.42 Å². The summed E-state index contributed by atoms with van der Waals surface area (Å²) in [5, 5.41) is 0. The number of benzene rings is 1. The maximum absolute atomic E-state index is 13.8. The fourth-order valence-electron chi connectivity index (χ4n) is 8.11. The minimum Gasteiger partial charge on any atom is -0.459 e. The Balaban J connectivity index is 1.99. The maximum atomic E-state index is 13.8. The first-order valence-corrected chi connectivity index (χ1v) is 15.8. The summed E-state index contributed by atoms with van der Waals surface area (Å²) in [5.74, 6) is -4.32. The SMILES string of the molecule is CCCCCC(=O)O[C@@H]1[C@@H]2[C@@H](OC(C)=O)[C@]3(OC2(C)C)[C@H](C)C[C@@H](OC(C)=O)[C@H](OC(C)=O)[C@@]3(C)[C@H]1OC(=O)c1ccccc1. The molecule has 248 valence electrons. The minimum atomic E-state index is -1.56. The molecule has 9 atom stereocenters. The summed E-state index contributed by atoms with van der Waals surface area (Å²) in [6.45, 7) is 13.0. The second-order valence-electron chi connectivity index (χ2n) is 13.3. The Bertz CT molecular complexity index is 1290. The van der Waals surface area contributed by atoms with Gasteiger partial charge in [-0.05, 0) is 51.7 Å². The molecule has 2 aliphatic carbocycles. The van der Waals surface area contributed by atoms with Gasteiger partial charge in [-0.25, -0.2) is 4.79 Å². The van der Waals surface area contributed by atoms with Gasteiger partial charge in [0.2, 0.25) is 0 Å². The Labute approximate surface area is 264 Å². The molecule has 1 aliphatic heterocycles. The highest BCUT2D eigenvalue weighted by atomic mass is 16.6. The topological polar surface area (TPSA) is 141 Å². The van der Waals surface area contributed by atoms with Gasteiger partial charge in [0.1, 0.15) is 23.9 Å². The number of esters is 5. The average Bonchev–Trinajstić information content (AvgIpc) is 3.15. The molecule has 0 radical (unpaired) electrons. The number of rotatable bonds is 10. The Hall–Kier alpha value is -3.47. The first-order valence-electron chi connectivity index (χ1n) is 15.8. The molecule has 3 aliphatic rings. The smallest absolute Gasteiger partial charge is 0.338 e. The number of fused-ring (bicyclic) bond motifs is 1. The molecule has 0 aromatic heterocycles. The standard InChI is InChI=1S/C34H46O11/c1-9-10-12-17-25(38)43-27-26-29(42-22(5)37)34(45-32(26,6)7)19(2)18-24(40-20(3)35)28(41-21(4)36)33(34,8)30(27)44-31(39)23-15-13-11-14-16-23/h11,13-16,19,24,26-30H,9-10,12,17-18H2,1-8H3/t19-,24-,26-,27-,28+,29-,30+,33+,34-/m1/s1. The highest BCUT2D eigenvalue weighted by molar-refractivity contribution is 5.89. The Morgan fingerprint density at radius 2 is 1.40 bits per heavy atom. The Kier molecular flexibility index (Phi) is 10.0. The summed E-state index contributed by atoms with van der Waals surface area (Å²) in [6, 6.07) is 8.35. The summed E-state index contributed by atoms with van der Waals surface area (Å²) in [6.07, 6.45) is -3.05. The number of carbonyl (C=O) groups is 5. The predicted molar refractivity (Wildman–Crippen MR) is 160 cm³/mol. The van der Waals surface area contributed by atoms with Crippen LogP contribution in [0.5, 0.6) is 0 Å². The molecule has 0 unspecified atom stereocenters. The molecule has 1 spiro atoms. The molecule has 2 bridgehead atoms. The molecule has 11 nitrogen and oxygen atoms in total. The molecular weight excluding hydrogens is 584 g/mol. The Morgan fingerprint density at radius 3 is 1.98 bits per heavy atom. The summed E-state index contributed by atoms with van der Waals surface area (Å²) < 4.78 is 37.4. The van der Waals surface area contributed by atoms with Crippen LogP contribution in [0.4, 0.5) is 0 Å². The van der Waals surface area contributed by atoms with E-state index in [2.05, 4.69) is 0 Å². The van der Waals surface area contributed by atoms with Gasteiger partial charge in [-0.15, -0.1) is 0 Å². The fourth-order valence-corrected chi connectivity index (χ4v) is 8.11. The zero-order chi connectivity index (χ0) is 33.3. The van der Waals surface area contributed by atoms with Crippen molar-refractivity contribution in [2.45, 2.75) is 129 Å². The third-order valence-corrected chi connectivity index (χ3v) is 9.71. The molecule has 45 heavy (non-hydrogen) atoms. The van der Waals surface area contributed by atoms with Crippen LogP contribution in [0.1, 0.15) is 97.9 Å². The molecule has 11 heteroatoms. The van der Waals surface area contributed by atoms with Gasteiger partial charge in [0, 0.05) is 27.2 Å². The van der Waals surface area contributed by atoms with Gasteiger partial charge < -0.3 is 28.4 Å². The minimum absolute atomic E-state index is 0.123. The van der Waals surface area contributed by atoms with Crippen molar-refractivity contribution in [3.05, 3.63) is 35.9 Å². The highest BCUT2D eigenvalue weighted by Gasteiger charge is 2.83. The van der Waals surface area contributed by atoms with E-state index >= 15 is 0 Å². The van der Waals surface area contributed by atoms with Crippen LogP contribution in [0.15, 0.2) is 30.3 Å². The first kappa shape index (κ1) is 34.4. The molecule has 1 aromatic carbocycles. The predicted octanol–water partition coefficient (Wildman–Crippen LogP) is 4.72. The monoisotopic (exact) mass is 630 g/mol. The lowest BCUT2D eigenvalue weighted by Gasteiger charge is -2.63. The largest absolute Gasteiger partial charge is 0.459 e. The van der Waals surface area contributed by atoms with E-state index in [4.69, 9.17) is 28.4 Å². The quantitative estimate of drug-likeness (QED) is 0.201. The normalized spacial score (nSPS) is 34.5. The molecular formula is C34H46O11. The van der Waals surface area contributed by atoms with Crippen molar-refractivity contribution in [1.82, 2.24) is 0 Å². The third kappa shape index (κ3) is 6.20. The summed E-state index contributed by atoms with van der Waals surface area (Å²) in [4.78, 5) is 65.0. The van der Waals surface area contributed by atoms with Crippen LogP contribution in [0.2, 0.25) is 0 Å². The number of hydrogen-bond acceptors (Lipinski definition) is 11. The fraction of sp³-hybridized carbons (Fsp3) is 0.676. The van der Waals surface area contributed by atoms with Crippen molar-refractivity contribution in [2.24, 2.45) is 17.3 Å². The zero-order valence-corrected chi connectivity index (χ0v) is 27.5. The van der Waals surface area contributed by atoms with Gasteiger partial charge in [0.15, 0.2) is 12.2 Å². The van der Waals surface area contributed by atoms with Crippen molar-refractivity contribution >= 4 is 29.8 Å². The van der Waals surface area contributed by atoms with Crippen molar-refractivity contribution in [2.75, 3.05) is 0 Å². The van der Waals surface area contributed by atoms with Crippen LogP contribution < -0.4 is 0 Å². The molecule has 1 aromatic rings. The van der Waals surface area contributed by atoms with E-state index in [1.54, 1.807) is 37.3 Å². The van der Waals surface area contributed by atoms with E-state index in [9.17, 15) is 24.0 Å². The number of ether oxygens (including phenoxy) is 6. The molecule has 3 fully saturated rings. The number of unbranched alkanes of at least 4 members (excludes halogenated alkanes) is 2. The van der Waals surface area contributed by atoms with E-state index < -0.39 is 88.8 Å².